The minimum absolute atomic E-state index is 0.0394. The first-order valence-corrected chi connectivity index (χ1v) is 7.85. The summed E-state index contributed by atoms with van der Waals surface area (Å²) in [6.45, 7) is 0.526. The number of carbonyl (C=O) groups is 1. The third-order valence-electron chi connectivity index (χ3n) is 3.76. The number of nitriles is 1. The number of halogens is 1. The van der Waals surface area contributed by atoms with E-state index in [0.29, 0.717) is 24.6 Å². The van der Waals surface area contributed by atoms with Crippen LogP contribution >= 0.6 is 15.9 Å². The van der Waals surface area contributed by atoms with Gasteiger partial charge in [0.05, 0.1) is 12.5 Å². The van der Waals surface area contributed by atoms with Gasteiger partial charge in [-0.3, -0.25) is 4.79 Å². The zero-order chi connectivity index (χ0) is 14.8. The van der Waals surface area contributed by atoms with E-state index in [-0.39, 0.29) is 5.91 Å². The summed E-state index contributed by atoms with van der Waals surface area (Å²) in [5.41, 5.74) is 0.703. The molecule has 0 aliphatic heterocycles. The second kappa shape index (κ2) is 5.87. The van der Waals surface area contributed by atoms with Crippen molar-refractivity contribution in [2.75, 3.05) is 6.54 Å². The zero-order valence-corrected chi connectivity index (χ0v) is 13.1. The van der Waals surface area contributed by atoms with E-state index in [9.17, 15) is 4.79 Å². The molecule has 1 saturated carbocycles. The average molecular weight is 343 g/mol. The van der Waals surface area contributed by atoms with Gasteiger partial charge in [-0.15, -0.1) is 0 Å². The summed E-state index contributed by atoms with van der Waals surface area (Å²) < 4.78 is 1.03. The lowest BCUT2D eigenvalue weighted by Crippen LogP contribution is -2.33. The lowest BCUT2D eigenvalue weighted by molar-refractivity contribution is 0.0747. The smallest absolute Gasteiger partial charge is 0.254 e. The minimum atomic E-state index is 0.0394. The number of carbonyl (C=O) groups excluding carboxylic acids is 1. The van der Waals surface area contributed by atoms with Gasteiger partial charge in [0, 0.05) is 22.6 Å². The quantitative estimate of drug-likeness (QED) is 0.838. The Morgan fingerprint density at radius 3 is 2.67 bits per heavy atom. The van der Waals surface area contributed by atoms with Gasteiger partial charge in [0.25, 0.3) is 5.91 Å². The summed E-state index contributed by atoms with van der Waals surface area (Å²) in [5.74, 6) is 0.0394. The van der Waals surface area contributed by atoms with E-state index in [1.807, 2.05) is 41.3 Å². The number of hydrogen-bond donors (Lipinski definition) is 0. The van der Waals surface area contributed by atoms with Crippen LogP contribution in [0.2, 0.25) is 0 Å². The molecule has 2 aromatic rings. The number of rotatable bonds is 4. The topological polar surface area (TPSA) is 44.1 Å². The van der Waals surface area contributed by atoms with Crippen molar-refractivity contribution in [3.05, 3.63) is 46.4 Å². The van der Waals surface area contributed by atoms with Crippen molar-refractivity contribution < 1.29 is 4.79 Å². The van der Waals surface area contributed by atoms with E-state index in [1.54, 1.807) is 0 Å². The fourth-order valence-electron chi connectivity index (χ4n) is 2.52. The zero-order valence-electron chi connectivity index (χ0n) is 11.6. The number of amides is 1. The molecular formula is C17H15BrN2O. The van der Waals surface area contributed by atoms with Crippen molar-refractivity contribution in [2.45, 2.75) is 25.3 Å². The summed E-state index contributed by atoms with van der Waals surface area (Å²) in [6, 6.07) is 14.3. The predicted octanol–water partition coefficient (Wildman–Crippen LogP) is 4.12. The van der Waals surface area contributed by atoms with Gasteiger partial charge in [-0.1, -0.05) is 28.1 Å². The number of benzene rings is 2. The Bertz CT molecular complexity index is 731. The summed E-state index contributed by atoms with van der Waals surface area (Å²) in [4.78, 5) is 14.5. The summed E-state index contributed by atoms with van der Waals surface area (Å²) >= 11 is 3.45. The van der Waals surface area contributed by atoms with Gasteiger partial charge in [0.1, 0.15) is 0 Å². The fraction of sp³-hybridized carbons (Fsp3) is 0.294. The molecule has 2 aromatic carbocycles. The predicted molar refractivity (Wildman–Crippen MR) is 85.9 cm³/mol. The highest BCUT2D eigenvalue weighted by Gasteiger charge is 2.32. The number of nitrogens with zero attached hydrogens (tertiary/aromatic N) is 2. The molecule has 1 aliphatic carbocycles. The highest BCUT2D eigenvalue weighted by Crippen LogP contribution is 2.29. The van der Waals surface area contributed by atoms with Crippen LogP contribution in [0.4, 0.5) is 0 Å². The summed E-state index contributed by atoms with van der Waals surface area (Å²) in [6.07, 6.45) is 2.50. The van der Waals surface area contributed by atoms with Crippen molar-refractivity contribution in [1.82, 2.24) is 4.90 Å². The minimum Gasteiger partial charge on any atom is -0.335 e. The van der Waals surface area contributed by atoms with Crippen LogP contribution in [0.3, 0.4) is 0 Å². The van der Waals surface area contributed by atoms with Crippen LogP contribution in [0.5, 0.6) is 0 Å². The first-order valence-electron chi connectivity index (χ1n) is 7.06. The second-order valence-electron chi connectivity index (χ2n) is 5.34. The highest BCUT2D eigenvalue weighted by molar-refractivity contribution is 9.10. The van der Waals surface area contributed by atoms with Crippen LogP contribution in [0, 0.1) is 11.3 Å². The molecule has 1 aliphatic rings. The standard InChI is InChI=1S/C17H15BrN2O/c18-15-5-4-12-10-14(3-2-13(12)11-15)17(21)20(9-1-8-19)16-6-7-16/h2-5,10-11,16H,1,6-7,9H2. The van der Waals surface area contributed by atoms with Gasteiger partial charge in [0.15, 0.2) is 0 Å². The molecule has 0 heterocycles. The molecule has 0 unspecified atom stereocenters. The maximum Gasteiger partial charge on any atom is 0.254 e. The van der Waals surface area contributed by atoms with Crippen molar-refractivity contribution in [2.24, 2.45) is 0 Å². The highest BCUT2D eigenvalue weighted by atomic mass is 79.9. The molecule has 0 aromatic heterocycles. The maximum absolute atomic E-state index is 12.7. The fourth-order valence-corrected chi connectivity index (χ4v) is 2.90. The summed E-state index contributed by atoms with van der Waals surface area (Å²) in [5, 5.41) is 10.9. The molecular weight excluding hydrogens is 328 g/mol. The average Bonchev–Trinajstić information content (AvgIpc) is 3.31. The third-order valence-corrected chi connectivity index (χ3v) is 4.26. The van der Waals surface area contributed by atoms with Crippen molar-refractivity contribution in [3.8, 4) is 6.07 Å². The van der Waals surface area contributed by atoms with Crippen molar-refractivity contribution in [1.29, 1.82) is 5.26 Å². The SMILES string of the molecule is N#CCCN(C(=O)c1ccc2cc(Br)ccc2c1)C1CC1. The Morgan fingerprint density at radius 1 is 1.24 bits per heavy atom. The molecule has 0 spiro atoms. The van der Waals surface area contributed by atoms with Crippen molar-refractivity contribution in [3.63, 3.8) is 0 Å². The van der Waals surface area contributed by atoms with Gasteiger partial charge in [-0.05, 0) is 47.9 Å². The van der Waals surface area contributed by atoms with Gasteiger partial charge >= 0.3 is 0 Å². The third kappa shape index (κ3) is 3.08. The normalized spacial score (nSPS) is 13.9. The Balaban J connectivity index is 1.89. The van der Waals surface area contributed by atoms with E-state index >= 15 is 0 Å². The Morgan fingerprint density at radius 2 is 1.95 bits per heavy atom. The molecule has 21 heavy (non-hydrogen) atoms. The van der Waals surface area contributed by atoms with E-state index in [4.69, 9.17) is 5.26 Å². The molecule has 0 bridgehead atoms. The van der Waals surface area contributed by atoms with Gasteiger partial charge in [-0.2, -0.15) is 5.26 Å². The molecule has 0 saturated heterocycles. The van der Waals surface area contributed by atoms with Gasteiger partial charge < -0.3 is 4.90 Å². The Hall–Kier alpha value is -1.86. The van der Waals surface area contributed by atoms with Crippen LogP contribution in [-0.4, -0.2) is 23.4 Å². The lowest BCUT2D eigenvalue weighted by Gasteiger charge is -2.21. The van der Waals surface area contributed by atoms with Crippen LogP contribution < -0.4 is 0 Å². The molecule has 3 nitrogen and oxygen atoms in total. The monoisotopic (exact) mass is 342 g/mol. The van der Waals surface area contributed by atoms with Crippen LogP contribution in [0.1, 0.15) is 29.6 Å². The van der Waals surface area contributed by atoms with E-state index in [2.05, 4.69) is 22.0 Å². The molecule has 1 amide bonds. The molecule has 106 valence electrons. The largest absolute Gasteiger partial charge is 0.335 e. The first kappa shape index (κ1) is 14.1. The summed E-state index contributed by atoms with van der Waals surface area (Å²) in [7, 11) is 0. The van der Waals surface area contributed by atoms with E-state index in [0.717, 1.165) is 28.1 Å². The number of hydrogen-bond acceptors (Lipinski definition) is 2. The second-order valence-corrected chi connectivity index (χ2v) is 6.26. The number of fused-ring (bicyclic) bond motifs is 1. The lowest BCUT2D eigenvalue weighted by atomic mass is 10.1. The van der Waals surface area contributed by atoms with E-state index < -0.39 is 0 Å². The molecule has 0 radical (unpaired) electrons. The van der Waals surface area contributed by atoms with Crippen LogP contribution in [-0.2, 0) is 0 Å². The molecule has 0 N–H and O–H groups in total. The van der Waals surface area contributed by atoms with Crippen LogP contribution in [0.25, 0.3) is 10.8 Å². The van der Waals surface area contributed by atoms with Crippen molar-refractivity contribution >= 4 is 32.6 Å². The first-order chi connectivity index (χ1) is 10.2. The van der Waals surface area contributed by atoms with E-state index in [1.165, 1.54) is 0 Å². The Kier molecular flexibility index (Phi) is 3.94. The van der Waals surface area contributed by atoms with Crippen LogP contribution in [0.15, 0.2) is 40.9 Å². The maximum atomic E-state index is 12.7. The molecule has 0 atom stereocenters. The van der Waals surface area contributed by atoms with Gasteiger partial charge in [-0.25, -0.2) is 0 Å². The van der Waals surface area contributed by atoms with Gasteiger partial charge in [0.2, 0.25) is 0 Å². The molecule has 3 rings (SSSR count). The Labute approximate surface area is 132 Å². The molecule has 4 heteroatoms. The molecule has 1 fully saturated rings.